The Bertz CT molecular complexity index is 729. The molecule has 1 amide bonds. The van der Waals surface area contributed by atoms with Gasteiger partial charge >= 0.3 is 5.97 Å². The maximum Gasteiger partial charge on any atom is 0.323 e. The van der Waals surface area contributed by atoms with Crippen molar-refractivity contribution in [1.29, 1.82) is 0 Å². The van der Waals surface area contributed by atoms with Gasteiger partial charge in [-0.3, -0.25) is 9.59 Å². The third-order valence-electron chi connectivity index (χ3n) is 4.17. The summed E-state index contributed by atoms with van der Waals surface area (Å²) in [4.78, 5) is 25.9. The second kappa shape index (κ2) is 8.29. The van der Waals surface area contributed by atoms with Crippen molar-refractivity contribution in [2.45, 2.75) is 37.3 Å². The molecule has 25 heavy (non-hydrogen) atoms. The molecule has 1 aliphatic rings. The third kappa shape index (κ3) is 4.80. The molecule has 0 aliphatic carbocycles. The molecule has 1 atom stereocenters. The second-order valence-corrected chi connectivity index (χ2v) is 9.67. The second-order valence-electron chi connectivity index (χ2n) is 6.22. The van der Waals surface area contributed by atoms with Crippen molar-refractivity contribution < 1.29 is 23.1 Å². The fourth-order valence-corrected chi connectivity index (χ4v) is 5.96. The lowest BCUT2D eigenvalue weighted by Crippen LogP contribution is -2.47. The number of rotatable bonds is 7. The number of sulfonamides is 1. The van der Waals surface area contributed by atoms with E-state index in [0.29, 0.717) is 32.4 Å². The average Bonchev–Trinajstić information content (AvgIpc) is 3.01. The summed E-state index contributed by atoms with van der Waals surface area (Å²) >= 11 is 1.22. The highest BCUT2D eigenvalue weighted by Gasteiger charge is 2.35. The van der Waals surface area contributed by atoms with Crippen LogP contribution in [0, 0.1) is 12.8 Å². The zero-order valence-corrected chi connectivity index (χ0v) is 16.1. The minimum Gasteiger partial charge on any atom is -0.480 e. The number of aliphatic carboxylic acids is 1. The molecule has 0 aromatic carbocycles. The molecule has 0 bridgehead atoms. The van der Waals surface area contributed by atoms with Crippen LogP contribution in [0.4, 0.5) is 0 Å². The monoisotopic (exact) mass is 388 g/mol. The Hall–Kier alpha value is -1.45. The predicted octanol–water partition coefficient (Wildman–Crippen LogP) is 1.78. The van der Waals surface area contributed by atoms with Crippen LogP contribution in [0.5, 0.6) is 0 Å². The van der Waals surface area contributed by atoms with Gasteiger partial charge in [-0.1, -0.05) is 6.92 Å². The molecule has 0 saturated carbocycles. The number of carbonyl (C=O) groups excluding carboxylic acids is 1. The summed E-state index contributed by atoms with van der Waals surface area (Å²) < 4.78 is 27.2. The zero-order chi connectivity index (χ0) is 18.6. The molecular formula is C16H24N2O5S2. The molecule has 1 N–H and O–H groups in total. The minimum atomic E-state index is -3.60. The number of hydrogen-bond acceptors (Lipinski definition) is 5. The number of piperidine rings is 1. The van der Waals surface area contributed by atoms with Crippen molar-refractivity contribution in [3.8, 4) is 0 Å². The SMILES string of the molecule is CCCN(CC(=O)O)C(=O)C1CCCN(S(=O)(=O)c2ccc(C)s2)C1. The summed E-state index contributed by atoms with van der Waals surface area (Å²) in [5, 5.41) is 8.99. The molecule has 9 heteroatoms. The highest BCUT2D eigenvalue weighted by Crippen LogP contribution is 2.28. The van der Waals surface area contributed by atoms with Gasteiger partial charge in [0, 0.05) is 24.5 Å². The summed E-state index contributed by atoms with van der Waals surface area (Å²) in [6, 6.07) is 3.36. The van der Waals surface area contributed by atoms with E-state index in [2.05, 4.69) is 0 Å². The highest BCUT2D eigenvalue weighted by atomic mass is 32.2. The average molecular weight is 389 g/mol. The van der Waals surface area contributed by atoms with E-state index in [1.54, 1.807) is 12.1 Å². The molecule has 1 fully saturated rings. The number of carboxylic acids is 1. The Labute approximate surface area is 152 Å². The molecule has 0 spiro atoms. The van der Waals surface area contributed by atoms with E-state index in [-0.39, 0.29) is 23.2 Å². The van der Waals surface area contributed by atoms with E-state index in [1.807, 2.05) is 13.8 Å². The van der Waals surface area contributed by atoms with E-state index in [0.717, 1.165) is 4.88 Å². The normalized spacial score (nSPS) is 18.9. The van der Waals surface area contributed by atoms with Gasteiger partial charge in [-0.15, -0.1) is 11.3 Å². The molecular weight excluding hydrogens is 364 g/mol. The first kappa shape index (κ1) is 19.9. The number of carboxylic acid groups (broad SMARTS) is 1. The highest BCUT2D eigenvalue weighted by molar-refractivity contribution is 7.91. The molecule has 2 heterocycles. The lowest BCUT2D eigenvalue weighted by molar-refractivity contribution is -0.146. The first-order chi connectivity index (χ1) is 11.8. The molecule has 2 rings (SSSR count). The quantitative estimate of drug-likeness (QED) is 0.768. The van der Waals surface area contributed by atoms with Gasteiger partial charge in [0.05, 0.1) is 5.92 Å². The third-order valence-corrected chi connectivity index (χ3v) is 7.51. The molecule has 1 aromatic rings. The first-order valence-electron chi connectivity index (χ1n) is 8.33. The van der Waals surface area contributed by atoms with Crippen LogP contribution < -0.4 is 0 Å². The minimum absolute atomic E-state index is 0.109. The van der Waals surface area contributed by atoms with Crippen LogP contribution in [-0.2, 0) is 19.6 Å². The van der Waals surface area contributed by atoms with Crippen LogP contribution in [0.15, 0.2) is 16.3 Å². The van der Waals surface area contributed by atoms with Crippen LogP contribution in [0.2, 0.25) is 0 Å². The number of hydrogen-bond donors (Lipinski definition) is 1. The van der Waals surface area contributed by atoms with Crippen molar-refractivity contribution in [2.75, 3.05) is 26.2 Å². The van der Waals surface area contributed by atoms with Crippen LogP contribution in [-0.4, -0.2) is 60.8 Å². The lowest BCUT2D eigenvalue weighted by atomic mass is 9.98. The van der Waals surface area contributed by atoms with Gasteiger partial charge in [0.1, 0.15) is 10.8 Å². The summed E-state index contributed by atoms with van der Waals surface area (Å²) in [5.74, 6) is -1.82. The molecule has 7 nitrogen and oxygen atoms in total. The first-order valence-corrected chi connectivity index (χ1v) is 10.6. The van der Waals surface area contributed by atoms with Crippen LogP contribution >= 0.6 is 11.3 Å². The number of thiophene rings is 1. The van der Waals surface area contributed by atoms with Crippen LogP contribution in [0.3, 0.4) is 0 Å². The predicted molar refractivity (Wildman–Crippen MR) is 95.0 cm³/mol. The number of carbonyl (C=O) groups is 2. The number of aryl methyl sites for hydroxylation is 1. The van der Waals surface area contributed by atoms with Gasteiger partial charge in [0.2, 0.25) is 5.91 Å². The van der Waals surface area contributed by atoms with Crippen molar-refractivity contribution >= 4 is 33.2 Å². The maximum atomic E-state index is 12.8. The van der Waals surface area contributed by atoms with Gasteiger partial charge in [-0.05, 0) is 38.3 Å². The Kier molecular flexibility index (Phi) is 6.59. The molecule has 1 aromatic heterocycles. The standard InChI is InChI=1S/C16H24N2O5S2/c1-3-8-17(11-14(19)20)16(21)13-5-4-9-18(10-13)25(22,23)15-7-6-12(2)24-15/h6-7,13H,3-5,8-11H2,1-2H3,(H,19,20). The fourth-order valence-electron chi connectivity index (χ4n) is 3.00. The summed E-state index contributed by atoms with van der Waals surface area (Å²) in [5.41, 5.74) is 0. The summed E-state index contributed by atoms with van der Waals surface area (Å²) in [6.45, 7) is 4.23. The van der Waals surface area contributed by atoms with Crippen molar-refractivity contribution in [3.05, 3.63) is 17.0 Å². The molecule has 0 radical (unpaired) electrons. The van der Waals surface area contributed by atoms with E-state index in [4.69, 9.17) is 5.11 Å². The Morgan fingerprint density at radius 1 is 1.40 bits per heavy atom. The Morgan fingerprint density at radius 2 is 2.12 bits per heavy atom. The van der Waals surface area contributed by atoms with Gasteiger partial charge in [0.25, 0.3) is 10.0 Å². The topological polar surface area (TPSA) is 95.0 Å². The van der Waals surface area contributed by atoms with E-state index in [1.165, 1.54) is 20.5 Å². The Balaban J connectivity index is 2.14. The van der Waals surface area contributed by atoms with E-state index < -0.39 is 21.9 Å². The maximum absolute atomic E-state index is 12.8. The van der Waals surface area contributed by atoms with Gasteiger partial charge in [0.15, 0.2) is 0 Å². The van der Waals surface area contributed by atoms with Gasteiger partial charge < -0.3 is 10.0 Å². The number of nitrogens with zero attached hydrogens (tertiary/aromatic N) is 2. The lowest BCUT2D eigenvalue weighted by Gasteiger charge is -2.33. The largest absolute Gasteiger partial charge is 0.480 e. The van der Waals surface area contributed by atoms with Crippen molar-refractivity contribution in [3.63, 3.8) is 0 Å². The van der Waals surface area contributed by atoms with Gasteiger partial charge in [-0.2, -0.15) is 4.31 Å². The number of amides is 1. The summed E-state index contributed by atoms with van der Waals surface area (Å²) in [6.07, 6.45) is 1.82. The van der Waals surface area contributed by atoms with Gasteiger partial charge in [-0.25, -0.2) is 8.42 Å². The van der Waals surface area contributed by atoms with Crippen LogP contribution in [0.25, 0.3) is 0 Å². The molecule has 1 unspecified atom stereocenters. The van der Waals surface area contributed by atoms with E-state index in [9.17, 15) is 18.0 Å². The molecule has 140 valence electrons. The summed E-state index contributed by atoms with van der Waals surface area (Å²) in [7, 11) is -3.60. The fraction of sp³-hybridized carbons (Fsp3) is 0.625. The smallest absolute Gasteiger partial charge is 0.323 e. The van der Waals surface area contributed by atoms with Crippen molar-refractivity contribution in [1.82, 2.24) is 9.21 Å². The zero-order valence-electron chi connectivity index (χ0n) is 14.5. The Morgan fingerprint density at radius 3 is 2.68 bits per heavy atom. The van der Waals surface area contributed by atoms with Crippen molar-refractivity contribution in [2.24, 2.45) is 5.92 Å². The molecule has 1 aliphatic heterocycles. The van der Waals surface area contributed by atoms with Crippen LogP contribution in [0.1, 0.15) is 31.1 Å². The van der Waals surface area contributed by atoms with E-state index >= 15 is 0 Å². The molecule has 1 saturated heterocycles.